The molecule has 0 saturated carbocycles. The Hall–Kier alpha value is -1.78. The molecule has 1 aliphatic carbocycles. The standard InChI is InChI=1S/C22H24Cl3N3O4S2/c1-3-32-19(30)16-14-6-4-5-7-15(14)34-18(16)27-21(33)28-20(22(23,24)25)26-17(29)12-8-10-13(31-2)11-9-12/h8-11,20H,3-7H2,1-2H3,(H,26,29)(H2,27,28,33)/t20-/m0/s1. The minimum atomic E-state index is -1.92. The van der Waals surface area contributed by atoms with Crippen LogP contribution in [0.1, 0.15) is 50.9 Å². The van der Waals surface area contributed by atoms with E-state index in [1.807, 2.05) is 0 Å². The molecular formula is C22H24Cl3N3O4S2. The fourth-order valence-corrected chi connectivity index (χ4v) is 5.39. The van der Waals surface area contributed by atoms with Crippen LogP contribution in [0.3, 0.4) is 0 Å². The van der Waals surface area contributed by atoms with E-state index in [0.29, 0.717) is 21.9 Å². The van der Waals surface area contributed by atoms with E-state index in [0.717, 1.165) is 36.1 Å². The first kappa shape index (κ1) is 26.8. The van der Waals surface area contributed by atoms with E-state index in [2.05, 4.69) is 16.0 Å². The second kappa shape index (κ2) is 11.8. The molecule has 184 valence electrons. The number of esters is 1. The van der Waals surface area contributed by atoms with Crippen molar-refractivity contribution in [1.29, 1.82) is 0 Å². The molecule has 3 N–H and O–H groups in total. The van der Waals surface area contributed by atoms with Crippen LogP contribution in [-0.4, -0.2) is 40.7 Å². The highest BCUT2D eigenvalue weighted by molar-refractivity contribution is 7.80. The molecule has 0 radical (unpaired) electrons. The van der Waals surface area contributed by atoms with Crippen LogP contribution in [0.5, 0.6) is 5.75 Å². The lowest BCUT2D eigenvalue weighted by molar-refractivity contribution is 0.0526. The van der Waals surface area contributed by atoms with Crippen molar-refractivity contribution in [3.05, 3.63) is 45.8 Å². The zero-order chi connectivity index (χ0) is 24.9. The van der Waals surface area contributed by atoms with Gasteiger partial charge >= 0.3 is 5.97 Å². The number of hydrogen-bond donors (Lipinski definition) is 3. The summed E-state index contributed by atoms with van der Waals surface area (Å²) in [5, 5.41) is 9.13. The molecule has 0 saturated heterocycles. The number of ether oxygens (including phenoxy) is 2. The van der Waals surface area contributed by atoms with Crippen LogP contribution in [0.15, 0.2) is 24.3 Å². The summed E-state index contributed by atoms with van der Waals surface area (Å²) in [6.45, 7) is 2.02. The number of fused-ring (bicyclic) bond motifs is 1. The number of hydrogen-bond acceptors (Lipinski definition) is 6. The zero-order valence-corrected chi connectivity index (χ0v) is 22.4. The Labute approximate surface area is 222 Å². The quantitative estimate of drug-likeness (QED) is 0.184. The van der Waals surface area contributed by atoms with Crippen LogP contribution >= 0.6 is 58.4 Å². The number of aryl methyl sites for hydroxylation is 1. The number of amides is 1. The summed E-state index contributed by atoms with van der Waals surface area (Å²) in [6, 6.07) is 6.46. The Balaban J connectivity index is 1.76. The molecule has 7 nitrogen and oxygen atoms in total. The van der Waals surface area contributed by atoms with Gasteiger partial charge in [-0.05, 0) is 74.7 Å². The van der Waals surface area contributed by atoms with Gasteiger partial charge in [0.05, 0.1) is 19.3 Å². The fourth-order valence-electron chi connectivity index (χ4n) is 3.50. The molecule has 1 heterocycles. The smallest absolute Gasteiger partial charge is 0.341 e. The maximum absolute atomic E-state index is 12.7. The number of nitrogens with one attached hydrogen (secondary N) is 3. The van der Waals surface area contributed by atoms with Gasteiger partial charge in [-0.15, -0.1) is 11.3 Å². The molecule has 3 rings (SSSR count). The number of thiophene rings is 1. The van der Waals surface area contributed by atoms with Crippen molar-refractivity contribution in [2.24, 2.45) is 0 Å². The Bertz CT molecular complexity index is 1050. The summed E-state index contributed by atoms with van der Waals surface area (Å²) in [7, 11) is 1.53. The van der Waals surface area contributed by atoms with Crippen molar-refractivity contribution in [2.45, 2.75) is 42.6 Å². The number of thiocarbonyl (C=S) groups is 1. The van der Waals surface area contributed by atoms with Gasteiger partial charge in [-0.25, -0.2) is 4.79 Å². The van der Waals surface area contributed by atoms with Gasteiger partial charge in [0.1, 0.15) is 16.9 Å². The number of benzene rings is 1. The van der Waals surface area contributed by atoms with E-state index in [-0.39, 0.29) is 11.7 Å². The maximum Gasteiger partial charge on any atom is 0.341 e. The third-order valence-corrected chi connectivity index (χ3v) is 7.19. The van der Waals surface area contributed by atoms with Crippen molar-refractivity contribution in [2.75, 3.05) is 19.0 Å². The molecule has 1 atom stereocenters. The van der Waals surface area contributed by atoms with E-state index in [1.54, 1.807) is 31.2 Å². The average molecular weight is 565 g/mol. The summed E-state index contributed by atoms with van der Waals surface area (Å²) < 4.78 is 8.44. The highest BCUT2D eigenvalue weighted by Gasteiger charge is 2.35. The van der Waals surface area contributed by atoms with Gasteiger partial charge in [0, 0.05) is 10.4 Å². The van der Waals surface area contributed by atoms with Crippen molar-refractivity contribution in [3.63, 3.8) is 0 Å². The van der Waals surface area contributed by atoms with Crippen LogP contribution in [0.2, 0.25) is 0 Å². The number of alkyl halides is 3. The lowest BCUT2D eigenvalue weighted by Gasteiger charge is -2.27. The van der Waals surface area contributed by atoms with Gasteiger partial charge in [-0.1, -0.05) is 34.8 Å². The van der Waals surface area contributed by atoms with Gasteiger partial charge < -0.3 is 25.4 Å². The molecule has 0 unspecified atom stereocenters. The van der Waals surface area contributed by atoms with E-state index >= 15 is 0 Å². The maximum atomic E-state index is 12.7. The van der Waals surface area contributed by atoms with Crippen molar-refractivity contribution < 1.29 is 19.1 Å². The monoisotopic (exact) mass is 563 g/mol. The molecule has 2 aromatic rings. The number of halogens is 3. The molecule has 1 aromatic heterocycles. The third kappa shape index (κ3) is 6.66. The Morgan fingerprint density at radius 3 is 2.44 bits per heavy atom. The summed E-state index contributed by atoms with van der Waals surface area (Å²) in [5.41, 5.74) is 1.82. The molecule has 1 aliphatic rings. The van der Waals surface area contributed by atoms with Gasteiger partial charge in [0.15, 0.2) is 5.11 Å². The first-order valence-electron chi connectivity index (χ1n) is 10.5. The summed E-state index contributed by atoms with van der Waals surface area (Å²) in [4.78, 5) is 26.5. The third-order valence-electron chi connectivity index (χ3n) is 5.11. The fraction of sp³-hybridized carbons (Fsp3) is 0.409. The predicted octanol–water partition coefficient (Wildman–Crippen LogP) is 5.22. The van der Waals surface area contributed by atoms with Crippen molar-refractivity contribution in [3.8, 4) is 5.75 Å². The minimum absolute atomic E-state index is 0.0792. The molecule has 0 spiro atoms. The largest absolute Gasteiger partial charge is 0.497 e. The van der Waals surface area contributed by atoms with Gasteiger partial charge in [-0.3, -0.25) is 4.79 Å². The summed E-state index contributed by atoms with van der Waals surface area (Å²) in [6.07, 6.45) is 2.60. The number of carbonyl (C=O) groups excluding carboxylic acids is 2. The van der Waals surface area contributed by atoms with E-state index in [4.69, 9.17) is 56.5 Å². The Kier molecular flexibility index (Phi) is 9.28. The molecule has 12 heteroatoms. The Morgan fingerprint density at radius 2 is 1.82 bits per heavy atom. The second-order valence-electron chi connectivity index (χ2n) is 7.41. The summed E-state index contributed by atoms with van der Waals surface area (Å²) in [5.74, 6) is -0.278. The van der Waals surface area contributed by atoms with E-state index in [1.165, 1.54) is 18.4 Å². The predicted molar refractivity (Wildman–Crippen MR) is 141 cm³/mol. The zero-order valence-electron chi connectivity index (χ0n) is 18.5. The van der Waals surface area contributed by atoms with E-state index < -0.39 is 21.8 Å². The molecule has 0 fully saturated rings. The summed E-state index contributed by atoms with van der Waals surface area (Å²) >= 11 is 25.2. The van der Waals surface area contributed by atoms with Crippen molar-refractivity contribution >= 4 is 80.3 Å². The lowest BCUT2D eigenvalue weighted by atomic mass is 9.95. The molecule has 34 heavy (non-hydrogen) atoms. The number of carbonyl (C=O) groups is 2. The minimum Gasteiger partial charge on any atom is -0.497 e. The van der Waals surface area contributed by atoms with Gasteiger partial charge in [-0.2, -0.15) is 0 Å². The first-order chi connectivity index (χ1) is 16.1. The number of rotatable bonds is 7. The second-order valence-corrected chi connectivity index (χ2v) is 11.3. The van der Waals surface area contributed by atoms with Crippen LogP contribution in [0.4, 0.5) is 5.00 Å². The van der Waals surface area contributed by atoms with Gasteiger partial charge in [0.2, 0.25) is 3.79 Å². The molecule has 0 aliphatic heterocycles. The van der Waals surface area contributed by atoms with Crippen LogP contribution in [-0.2, 0) is 17.6 Å². The number of methoxy groups -OCH3 is 1. The van der Waals surface area contributed by atoms with Crippen LogP contribution < -0.4 is 20.7 Å². The number of anilines is 1. The molecular weight excluding hydrogens is 541 g/mol. The molecule has 1 aromatic carbocycles. The van der Waals surface area contributed by atoms with Crippen LogP contribution in [0, 0.1) is 0 Å². The van der Waals surface area contributed by atoms with Crippen LogP contribution in [0.25, 0.3) is 0 Å². The highest BCUT2D eigenvalue weighted by Crippen LogP contribution is 2.38. The average Bonchev–Trinajstić information content (AvgIpc) is 3.15. The van der Waals surface area contributed by atoms with Crippen molar-refractivity contribution in [1.82, 2.24) is 10.6 Å². The highest BCUT2D eigenvalue weighted by atomic mass is 35.6. The van der Waals surface area contributed by atoms with Gasteiger partial charge in [0.25, 0.3) is 5.91 Å². The molecule has 0 bridgehead atoms. The molecule has 1 amide bonds. The topological polar surface area (TPSA) is 88.7 Å². The van der Waals surface area contributed by atoms with E-state index in [9.17, 15) is 9.59 Å². The first-order valence-corrected chi connectivity index (χ1v) is 12.9. The Morgan fingerprint density at radius 1 is 1.15 bits per heavy atom. The lowest BCUT2D eigenvalue weighted by Crippen LogP contribution is -2.56. The SMILES string of the molecule is CCOC(=O)c1c(NC(=S)N[C@H](NC(=O)c2ccc(OC)cc2)C(Cl)(Cl)Cl)sc2c1CCCC2. The normalized spacial score (nSPS) is 13.9.